The van der Waals surface area contributed by atoms with Gasteiger partial charge in [-0.2, -0.15) is 0 Å². The molecule has 2 amide bonds. The number of nitrogens with one attached hydrogen (secondary N) is 1. The number of benzene rings is 1. The van der Waals surface area contributed by atoms with E-state index in [0.717, 1.165) is 0 Å². The molecule has 3 N–H and O–H groups in total. The van der Waals surface area contributed by atoms with Gasteiger partial charge in [0.05, 0.1) is 5.54 Å². The fourth-order valence-electron chi connectivity index (χ4n) is 2.22. The van der Waals surface area contributed by atoms with Crippen LogP contribution >= 0.6 is 0 Å². The summed E-state index contributed by atoms with van der Waals surface area (Å²) in [5.41, 5.74) is 6.47. The fraction of sp³-hybridized carbons (Fsp3) is 0.556. The third-order valence-corrected chi connectivity index (χ3v) is 4.54. The third kappa shape index (κ3) is 4.55. The van der Waals surface area contributed by atoms with Crippen LogP contribution in [0.5, 0.6) is 0 Å². The maximum atomic E-state index is 12.4. The predicted molar refractivity (Wildman–Crippen MR) is 93.5 cm³/mol. The highest BCUT2D eigenvalue weighted by Crippen LogP contribution is 2.16. The second kappa shape index (κ2) is 8.11. The Kier molecular flexibility index (Phi) is 6.76. The summed E-state index contributed by atoms with van der Waals surface area (Å²) in [6, 6.07) is 6.77. The lowest BCUT2D eigenvalue weighted by molar-refractivity contribution is 0.0771. The van der Waals surface area contributed by atoms with E-state index in [9.17, 15) is 9.59 Å². The van der Waals surface area contributed by atoms with Crippen LogP contribution in [0.1, 0.15) is 55.3 Å². The van der Waals surface area contributed by atoms with Gasteiger partial charge < -0.3 is 16.0 Å². The van der Waals surface area contributed by atoms with E-state index in [1.807, 2.05) is 34.6 Å². The number of hydrogen-bond donors (Lipinski definition) is 2. The van der Waals surface area contributed by atoms with E-state index in [-0.39, 0.29) is 17.7 Å². The van der Waals surface area contributed by atoms with Crippen molar-refractivity contribution in [1.82, 2.24) is 10.2 Å². The van der Waals surface area contributed by atoms with Gasteiger partial charge in [0.1, 0.15) is 0 Å². The summed E-state index contributed by atoms with van der Waals surface area (Å²) in [4.78, 5) is 26.4. The van der Waals surface area contributed by atoms with Gasteiger partial charge in [0.25, 0.3) is 11.8 Å². The van der Waals surface area contributed by atoms with Crippen LogP contribution in [-0.2, 0) is 0 Å². The highest BCUT2D eigenvalue weighted by atomic mass is 16.2. The highest BCUT2D eigenvalue weighted by Gasteiger charge is 2.28. The molecular weight excluding hydrogens is 290 g/mol. The molecule has 0 spiro atoms. The minimum atomic E-state index is -0.452. The summed E-state index contributed by atoms with van der Waals surface area (Å²) in [6.45, 7) is 11.6. The maximum absolute atomic E-state index is 12.4. The Morgan fingerprint density at radius 2 is 1.61 bits per heavy atom. The van der Waals surface area contributed by atoms with Gasteiger partial charge in [-0.15, -0.1) is 0 Å². The van der Waals surface area contributed by atoms with Gasteiger partial charge in [0.15, 0.2) is 0 Å². The minimum absolute atomic E-state index is 0.0177. The first-order chi connectivity index (χ1) is 10.8. The standard InChI is InChI=1S/C18H29N3O2/c1-6-21(7-2)17(23)15-10-8-14(9-11-15)16(22)20-18(5,12-19)13(3)4/h8-11,13H,6-7,12,19H2,1-5H3,(H,20,22). The largest absolute Gasteiger partial charge is 0.345 e. The van der Waals surface area contributed by atoms with Crippen molar-refractivity contribution in [2.45, 2.75) is 40.2 Å². The minimum Gasteiger partial charge on any atom is -0.345 e. The zero-order valence-corrected chi connectivity index (χ0v) is 14.8. The zero-order chi connectivity index (χ0) is 17.6. The number of nitrogens with two attached hydrogens (primary N) is 1. The van der Waals surface area contributed by atoms with Crippen LogP contribution in [0.15, 0.2) is 24.3 Å². The van der Waals surface area contributed by atoms with Crippen molar-refractivity contribution < 1.29 is 9.59 Å². The summed E-state index contributed by atoms with van der Waals surface area (Å²) < 4.78 is 0. The Labute approximate surface area is 139 Å². The van der Waals surface area contributed by atoms with Gasteiger partial charge in [-0.25, -0.2) is 0 Å². The second-order valence-electron chi connectivity index (χ2n) is 6.29. The van der Waals surface area contributed by atoms with Crippen LogP contribution in [0.4, 0.5) is 0 Å². The average molecular weight is 319 g/mol. The molecule has 0 aliphatic carbocycles. The molecule has 1 unspecified atom stereocenters. The van der Waals surface area contributed by atoms with Crippen LogP contribution in [0, 0.1) is 5.92 Å². The molecule has 0 heterocycles. The van der Waals surface area contributed by atoms with Crippen LogP contribution in [0.2, 0.25) is 0 Å². The number of carbonyl (C=O) groups excluding carboxylic acids is 2. The number of amides is 2. The first-order valence-corrected chi connectivity index (χ1v) is 8.21. The molecule has 5 heteroatoms. The normalized spacial score (nSPS) is 13.5. The van der Waals surface area contributed by atoms with Gasteiger partial charge in [0, 0.05) is 30.8 Å². The Balaban J connectivity index is 2.88. The number of hydrogen-bond acceptors (Lipinski definition) is 3. The molecule has 0 fully saturated rings. The summed E-state index contributed by atoms with van der Waals surface area (Å²) >= 11 is 0. The first-order valence-electron chi connectivity index (χ1n) is 8.21. The van der Waals surface area contributed by atoms with Crippen molar-refractivity contribution in [2.75, 3.05) is 19.6 Å². The maximum Gasteiger partial charge on any atom is 0.253 e. The lowest BCUT2D eigenvalue weighted by atomic mass is 9.88. The van der Waals surface area contributed by atoms with Gasteiger partial charge >= 0.3 is 0 Å². The molecule has 5 nitrogen and oxygen atoms in total. The lowest BCUT2D eigenvalue weighted by Crippen LogP contribution is -2.55. The summed E-state index contributed by atoms with van der Waals surface area (Å²) in [7, 11) is 0. The van der Waals surface area contributed by atoms with Crippen LogP contribution in [-0.4, -0.2) is 41.9 Å². The van der Waals surface area contributed by atoms with E-state index in [1.165, 1.54) is 0 Å². The first kappa shape index (κ1) is 19.2. The molecule has 128 valence electrons. The molecule has 0 aromatic heterocycles. The monoisotopic (exact) mass is 319 g/mol. The fourth-order valence-corrected chi connectivity index (χ4v) is 2.22. The third-order valence-electron chi connectivity index (χ3n) is 4.54. The van der Waals surface area contributed by atoms with Crippen molar-refractivity contribution in [1.29, 1.82) is 0 Å². The molecule has 1 aromatic carbocycles. The molecule has 0 radical (unpaired) electrons. The Morgan fingerprint density at radius 1 is 1.13 bits per heavy atom. The molecule has 0 saturated heterocycles. The van der Waals surface area contributed by atoms with Crippen molar-refractivity contribution >= 4 is 11.8 Å². The molecule has 1 aromatic rings. The Morgan fingerprint density at radius 3 is 2.00 bits per heavy atom. The van der Waals surface area contributed by atoms with Gasteiger partial charge in [0.2, 0.25) is 0 Å². The van der Waals surface area contributed by atoms with Crippen molar-refractivity contribution in [3.63, 3.8) is 0 Å². The Hall–Kier alpha value is -1.88. The molecule has 0 saturated carbocycles. The van der Waals surface area contributed by atoms with Crippen molar-refractivity contribution in [3.05, 3.63) is 35.4 Å². The number of rotatable bonds is 7. The zero-order valence-electron chi connectivity index (χ0n) is 14.8. The second-order valence-corrected chi connectivity index (χ2v) is 6.29. The smallest absolute Gasteiger partial charge is 0.253 e. The SMILES string of the molecule is CCN(CC)C(=O)c1ccc(C(=O)NC(C)(CN)C(C)C)cc1. The predicted octanol–water partition coefficient (Wildman–Crippen LogP) is 2.27. The molecule has 1 atom stereocenters. The van der Waals surface area contributed by atoms with E-state index in [2.05, 4.69) is 5.32 Å². The molecule has 0 bridgehead atoms. The highest BCUT2D eigenvalue weighted by molar-refractivity contribution is 5.98. The van der Waals surface area contributed by atoms with Crippen molar-refractivity contribution in [2.24, 2.45) is 11.7 Å². The molecular formula is C18H29N3O2. The summed E-state index contributed by atoms with van der Waals surface area (Å²) in [5.74, 6) is 0.0318. The summed E-state index contributed by atoms with van der Waals surface area (Å²) in [6.07, 6.45) is 0. The van der Waals surface area contributed by atoms with E-state index in [1.54, 1.807) is 29.2 Å². The van der Waals surface area contributed by atoms with Gasteiger partial charge in [-0.3, -0.25) is 9.59 Å². The molecule has 23 heavy (non-hydrogen) atoms. The topological polar surface area (TPSA) is 75.4 Å². The van der Waals surface area contributed by atoms with E-state index < -0.39 is 5.54 Å². The average Bonchev–Trinajstić information content (AvgIpc) is 2.55. The molecule has 0 aliphatic rings. The van der Waals surface area contributed by atoms with Crippen LogP contribution < -0.4 is 11.1 Å². The lowest BCUT2D eigenvalue weighted by Gasteiger charge is -2.33. The van der Waals surface area contributed by atoms with E-state index in [4.69, 9.17) is 5.73 Å². The van der Waals surface area contributed by atoms with Gasteiger partial charge in [-0.1, -0.05) is 13.8 Å². The quantitative estimate of drug-likeness (QED) is 0.809. The van der Waals surface area contributed by atoms with Crippen LogP contribution in [0.25, 0.3) is 0 Å². The van der Waals surface area contributed by atoms with Crippen molar-refractivity contribution in [3.8, 4) is 0 Å². The number of nitrogens with zero attached hydrogens (tertiary/aromatic N) is 1. The van der Waals surface area contributed by atoms with Gasteiger partial charge in [-0.05, 0) is 51.0 Å². The summed E-state index contributed by atoms with van der Waals surface area (Å²) in [5, 5.41) is 2.99. The molecule has 0 aliphatic heterocycles. The number of carbonyl (C=O) groups is 2. The van der Waals surface area contributed by atoms with Crippen LogP contribution in [0.3, 0.4) is 0 Å². The van der Waals surface area contributed by atoms with E-state index in [0.29, 0.717) is 30.8 Å². The van der Waals surface area contributed by atoms with E-state index >= 15 is 0 Å². The Bertz CT molecular complexity index is 536. The molecule has 1 rings (SSSR count).